The zero-order valence-electron chi connectivity index (χ0n) is 9.13. The van der Waals surface area contributed by atoms with E-state index in [4.69, 9.17) is 5.73 Å². The van der Waals surface area contributed by atoms with E-state index in [-0.39, 0.29) is 5.25 Å². The van der Waals surface area contributed by atoms with E-state index in [2.05, 4.69) is 0 Å². The van der Waals surface area contributed by atoms with Crippen molar-refractivity contribution in [2.24, 2.45) is 0 Å². The van der Waals surface area contributed by atoms with Gasteiger partial charge < -0.3 is 5.73 Å². The van der Waals surface area contributed by atoms with Gasteiger partial charge in [-0.2, -0.15) is 0 Å². The SMILES string of the molecule is Cc1cc(C)c(S(=O)C(C)C)cc1N. The average Bonchev–Trinajstić information content (AvgIpc) is 2.10. The Morgan fingerprint density at radius 1 is 1.21 bits per heavy atom. The molecule has 0 aromatic heterocycles. The van der Waals surface area contributed by atoms with E-state index in [0.29, 0.717) is 0 Å². The summed E-state index contributed by atoms with van der Waals surface area (Å²) in [4.78, 5) is 0.864. The quantitative estimate of drug-likeness (QED) is 0.763. The van der Waals surface area contributed by atoms with Gasteiger partial charge in [-0.15, -0.1) is 0 Å². The number of anilines is 1. The minimum Gasteiger partial charge on any atom is -0.398 e. The molecular formula is C11H17NOS. The molecule has 0 amide bonds. The van der Waals surface area contributed by atoms with E-state index in [9.17, 15) is 4.21 Å². The fourth-order valence-corrected chi connectivity index (χ4v) is 2.45. The summed E-state index contributed by atoms with van der Waals surface area (Å²) in [7, 11) is -0.945. The van der Waals surface area contributed by atoms with Gasteiger partial charge in [0.1, 0.15) is 0 Å². The molecule has 0 saturated heterocycles. The highest BCUT2D eigenvalue weighted by atomic mass is 32.2. The molecular weight excluding hydrogens is 194 g/mol. The molecule has 0 heterocycles. The van der Waals surface area contributed by atoms with E-state index in [1.54, 1.807) is 0 Å². The van der Waals surface area contributed by atoms with Gasteiger partial charge in [-0.1, -0.05) is 19.9 Å². The van der Waals surface area contributed by atoms with E-state index >= 15 is 0 Å². The molecule has 0 spiro atoms. The van der Waals surface area contributed by atoms with E-state index < -0.39 is 10.8 Å². The molecule has 1 unspecified atom stereocenters. The standard InChI is InChI=1S/C11H17NOS/c1-7(2)14(13)11-6-10(12)8(3)5-9(11)4/h5-7H,12H2,1-4H3. The van der Waals surface area contributed by atoms with Gasteiger partial charge in [-0.05, 0) is 31.0 Å². The van der Waals surface area contributed by atoms with Crippen LogP contribution in [0.3, 0.4) is 0 Å². The molecule has 0 aliphatic heterocycles. The third-order valence-electron chi connectivity index (χ3n) is 2.21. The number of hydrogen-bond donors (Lipinski definition) is 1. The molecule has 0 fully saturated rings. The molecule has 1 rings (SSSR count). The average molecular weight is 211 g/mol. The highest BCUT2D eigenvalue weighted by Gasteiger charge is 2.12. The zero-order chi connectivity index (χ0) is 10.9. The van der Waals surface area contributed by atoms with Crippen molar-refractivity contribution in [3.8, 4) is 0 Å². The second kappa shape index (κ2) is 4.13. The summed E-state index contributed by atoms with van der Waals surface area (Å²) < 4.78 is 11.9. The maximum Gasteiger partial charge on any atom is 0.0558 e. The number of nitrogen functional groups attached to an aromatic ring is 1. The first-order chi connectivity index (χ1) is 6.43. The Hall–Kier alpha value is -0.830. The van der Waals surface area contributed by atoms with Crippen LogP contribution in [0.2, 0.25) is 0 Å². The van der Waals surface area contributed by atoms with Crippen LogP contribution in [0.4, 0.5) is 5.69 Å². The van der Waals surface area contributed by atoms with Crippen LogP contribution < -0.4 is 5.73 Å². The van der Waals surface area contributed by atoms with Gasteiger partial charge in [-0.3, -0.25) is 4.21 Å². The van der Waals surface area contributed by atoms with Crippen molar-refractivity contribution >= 4 is 16.5 Å². The minimum atomic E-state index is -0.945. The van der Waals surface area contributed by atoms with Gasteiger partial charge in [0.05, 0.1) is 10.8 Å². The van der Waals surface area contributed by atoms with Crippen molar-refractivity contribution in [3.05, 3.63) is 23.3 Å². The van der Waals surface area contributed by atoms with Crippen LogP contribution in [0, 0.1) is 13.8 Å². The largest absolute Gasteiger partial charge is 0.398 e. The lowest BCUT2D eigenvalue weighted by molar-refractivity contribution is 0.676. The van der Waals surface area contributed by atoms with Crippen molar-refractivity contribution in [1.82, 2.24) is 0 Å². The third kappa shape index (κ3) is 2.15. The fourth-order valence-electron chi connectivity index (χ4n) is 1.32. The van der Waals surface area contributed by atoms with Crippen LogP contribution in [-0.4, -0.2) is 9.46 Å². The summed E-state index contributed by atoms with van der Waals surface area (Å²) in [5.41, 5.74) is 8.62. The van der Waals surface area contributed by atoms with Crippen molar-refractivity contribution < 1.29 is 4.21 Å². The molecule has 0 radical (unpaired) electrons. The van der Waals surface area contributed by atoms with Crippen LogP contribution in [0.5, 0.6) is 0 Å². The predicted octanol–water partition coefficient (Wildman–Crippen LogP) is 2.40. The van der Waals surface area contributed by atoms with Crippen LogP contribution in [0.25, 0.3) is 0 Å². The predicted molar refractivity (Wildman–Crippen MR) is 61.9 cm³/mol. The number of nitrogens with two attached hydrogens (primary N) is 1. The van der Waals surface area contributed by atoms with Crippen LogP contribution in [0.1, 0.15) is 25.0 Å². The normalized spacial score (nSPS) is 13.2. The number of aryl methyl sites for hydroxylation is 2. The topological polar surface area (TPSA) is 43.1 Å². The first-order valence-corrected chi connectivity index (χ1v) is 5.92. The first-order valence-electron chi connectivity index (χ1n) is 4.70. The van der Waals surface area contributed by atoms with Gasteiger partial charge >= 0.3 is 0 Å². The summed E-state index contributed by atoms with van der Waals surface area (Å²) in [5, 5.41) is 0.135. The van der Waals surface area contributed by atoms with Gasteiger partial charge in [0, 0.05) is 15.8 Å². The van der Waals surface area contributed by atoms with Crippen molar-refractivity contribution in [1.29, 1.82) is 0 Å². The van der Waals surface area contributed by atoms with E-state index in [1.807, 2.05) is 39.8 Å². The number of benzene rings is 1. The Labute approximate surface area is 88.0 Å². The molecule has 1 aromatic rings. The molecule has 0 aliphatic carbocycles. The minimum absolute atomic E-state index is 0.135. The van der Waals surface area contributed by atoms with Crippen molar-refractivity contribution in [3.63, 3.8) is 0 Å². The van der Waals surface area contributed by atoms with Gasteiger partial charge in [0.15, 0.2) is 0 Å². The molecule has 2 N–H and O–H groups in total. The molecule has 14 heavy (non-hydrogen) atoms. The zero-order valence-corrected chi connectivity index (χ0v) is 9.94. The highest BCUT2D eigenvalue weighted by Crippen LogP contribution is 2.22. The summed E-state index contributed by atoms with van der Waals surface area (Å²) in [6.07, 6.45) is 0. The van der Waals surface area contributed by atoms with Gasteiger partial charge in [0.25, 0.3) is 0 Å². The maximum absolute atomic E-state index is 11.9. The van der Waals surface area contributed by atoms with Crippen LogP contribution in [0.15, 0.2) is 17.0 Å². The lowest BCUT2D eigenvalue weighted by Gasteiger charge is -2.11. The second-order valence-electron chi connectivity index (χ2n) is 3.82. The molecule has 1 aromatic carbocycles. The Bertz CT molecular complexity index is 372. The molecule has 2 nitrogen and oxygen atoms in total. The Balaban J connectivity index is 3.22. The Morgan fingerprint density at radius 2 is 1.79 bits per heavy atom. The summed E-state index contributed by atoms with van der Waals surface area (Å²) in [6, 6.07) is 3.83. The molecule has 3 heteroatoms. The lowest BCUT2D eigenvalue weighted by Crippen LogP contribution is -2.08. The molecule has 0 saturated carbocycles. The smallest absolute Gasteiger partial charge is 0.0558 e. The first kappa shape index (κ1) is 11.2. The lowest BCUT2D eigenvalue weighted by atomic mass is 10.1. The van der Waals surface area contributed by atoms with Crippen molar-refractivity contribution in [2.45, 2.75) is 37.8 Å². The summed E-state index contributed by atoms with van der Waals surface area (Å²) in [5.74, 6) is 0. The fraction of sp³-hybridized carbons (Fsp3) is 0.455. The maximum atomic E-state index is 11.9. The second-order valence-corrected chi connectivity index (χ2v) is 5.80. The summed E-state index contributed by atoms with van der Waals surface area (Å²) in [6.45, 7) is 7.84. The van der Waals surface area contributed by atoms with E-state index in [0.717, 1.165) is 21.7 Å². The van der Waals surface area contributed by atoms with Gasteiger partial charge in [-0.25, -0.2) is 0 Å². The Kier molecular flexibility index (Phi) is 3.32. The van der Waals surface area contributed by atoms with Crippen molar-refractivity contribution in [2.75, 3.05) is 5.73 Å². The molecule has 1 atom stereocenters. The van der Waals surface area contributed by atoms with Crippen LogP contribution >= 0.6 is 0 Å². The number of hydrogen-bond acceptors (Lipinski definition) is 2. The summed E-state index contributed by atoms with van der Waals surface area (Å²) >= 11 is 0. The number of rotatable bonds is 2. The van der Waals surface area contributed by atoms with E-state index in [1.165, 1.54) is 0 Å². The van der Waals surface area contributed by atoms with Crippen LogP contribution in [-0.2, 0) is 10.8 Å². The highest BCUT2D eigenvalue weighted by molar-refractivity contribution is 7.85. The molecule has 78 valence electrons. The van der Waals surface area contributed by atoms with Gasteiger partial charge in [0.2, 0.25) is 0 Å². The monoisotopic (exact) mass is 211 g/mol. The third-order valence-corrected chi connectivity index (χ3v) is 3.94. The molecule has 0 bridgehead atoms. The molecule has 0 aliphatic rings. The Morgan fingerprint density at radius 3 is 2.29 bits per heavy atom.